The van der Waals surface area contributed by atoms with Crippen molar-refractivity contribution in [2.45, 2.75) is 40.5 Å². The molecule has 2 nitrogen and oxygen atoms in total. The zero-order chi connectivity index (χ0) is 9.72. The van der Waals surface area contributed by atoms with Gasteiger partial charge in [0.25, 0.3) is 0 Å². The second-order valence-corrected chi connectivity index (χ2v) is 3.56. The summed E-state index contributed by atoms with van der Waals surface area (Å²) in [6.45, 7) is 7.36. The Labute approximate surface area is 87.5 Å². The van der Waals surface area contributed by atoms with Crippen LogP contribution in [0.1, 0.15) is 40.5 Å². The van der Waals surface area contributed by atoms with Gasteiger partial charge in [0, 0.05) is 18.8 Å². The molecule has 0 aromatic heterocycles. The number of carbonyl (C=O) groups excluding carboxylic acids is 2. The summed E-state index contributed by atoms with van der Waals surface area (Å²) in [5, 5.41) is 0. The van der Waals surface area contributed by atoms with Gasteiger partial charge in [0.1, 0.15) is 11.6 Å². The predicted molar refractivity (Wildman–Crippen MR) is 59.3 cm³/mol. The Morgan fingerprint density at radius 3 is 1.92 bits per heavy atom. The second kappa shape index (κ2) is 7.13. The van der Waals surface area contributed by atoms with Crippen molar-refractivity contribution in [3.8, 4) is 0 Å². The van der Waals surface area contributed by atoms with Crippen LogP contribution in [0.25, 0.3) is 0 Å². The van der Waals surface area contributed by atoms with Crippen LogP contribution in [-0.4, -0.2) is 11.6 Å². The molecular formula is C10H20O2S. The predicted octanol–water partition coefficient (Wildman–Crippen LogP) is 2.33. The number of Topliss-reactive ketones (excluding diaryl/α,β-unsaturated/α-hetero) is 2. The highest BCUT2D eigenvalue weighted by atomic mass is 32.1. The molecule has 0 aliphatic rings. The van der Waals surface area contributed by atoms with Crippen LogP contribution >= 0.6 is 13.5 Å². The van der Waals surface area contributed by atoms with E-state index in [0.29, 0.717) is 12.8 Å². The van der Waals surface area contributed by atoms with Crippen molar-refractivity contribution >= 4 is 25.1 Å². The lowest BCUT2D eigenvalue weighted by Crippen LogP contribution is -2.20. The molecule has 0 N–H and O–H groups in total. The van der Waals surface area contributed by atoms with Crippen LogP contribution in [0.3, 0.4) is 0 Å². The zero-order valence-corrected chi connectivity index (χ0v) is 9.89. The molecule has 1 atom stereocenters. The monoisotopic (exact) mass is 204 g/mol. The van der Waals surface area contributed by atoms with E-state index >= 15 is 0 Å². The molecule has 0 heterocycles. The Kier molecular flexibility index (Phi) is 8.32. The van der Waals surface area contributed by atoms with Crippen molar-refractivity contribution in [2.24, 2.45) is 11.8 Å². The van der Waals surface area contributed by atoms with E-state index in [1.165, 1.54) is 0 Å². The third-order valence-corrected chi connectivity index (χ3v) is 2.17. The largest absolute Gasteiger partial charge is 0.300 e. The number of hydrogen-bond donors (Lipinski definition) is 0. The molecular weight excluding hydrogens is 184 g/mol. The first kappa shape index (κ1) is 15.2. The molecule has 0 aromatic rings. The van der Waals surface area contributed by atoms with Gasteiger partial charge in [0.05, 0.1) is 0 Å². The minimum Gasteiger partial charge on any atom is -0.300 e. The van der Waals surface area contributed by atoms with Gasteiger partial charge < -0.3 is 0 Å². The molecule has 0 radical (unpaired) electrons. The molecule has 0 saturated carbocycles. The van der Waals surface area contributed by atoms with Gasteiger partial charge in [-0.1, -0.05) is 20.8 Å². The van der Waals surface area contributed by atoms with Gasteiger partial charge in [0.15, 0.2) is 0 Å². The number of rotatable bonds is 5. The maximum atomic E-state index is 11.1. The average molecular weight is 204 g/mol. The van der Waals surface area contributed by atoms with Crippen LogP contribution in [0, 0.1) is 11.8 Å². The standard InChI is InChI=1S/C10H18O2.H2S/c1-5-9(12)6-10(7(2)3)8(4)11;/h7,10H,5-6H2,1-4H3;1H2/t10-;/m0./s1. The number of carbonyl (C=O) groups is 2. The molecule has 0 amide bonds. The summed E-state index contributed by atoms with van der Waals surface area (Å²) >= 11 is 0. The highest BCUT2D eigenvalue weighted by molar-refractivity contribution is 7.59. The molecule has 0 saturated heterocycles. The normalized spacial score (nSPS) is 12.1. The van der Waals surface area contributed by atoms with Crippen molar-refractivity contribution in [3.63, 3.8) is 0 Å². The Hall–Kier alpha value is -0.310. The molecule has 0 rings (SSSR count). The fourth-order valence-electron chi connectivity index (χ4n) is 1.24. The first-order valence-corrected chi connectivity index (χ1v) is 4.51. The Bertz CT molecular complexity index is 176. The first-order chi connectivity index (χ1) is 5.49. The van der Waals surface area contributed by atoms with Crippen LogP contribution in [0.4, 0.5) is 0 Å². The molecule has 0 aliphatic heterocycles. The Morgan fingerprint density at radius 1 is 1.23 bits per heavy atom. The quantitative estimate of drug-likeness (QED) is 0.689. The van der Waals surface area contributed by atoms with E-state index < -0.39 is 0 Å². The van der Waals surface area contributed by atoms with Crippen LogP contribution < -0.4 is 0 Å². The molecule has 0 spiro atoms. The summed E-state index contributed by atoms with van der Waals surface area (Å²) in [6, 6.07) is 0. The van der Waals surface area contributed by atoms with E-state index in [2.05, 4.69) is 0 Å². The third kappa shape index (κ3) is 5.86. The summed E-state index contributed by atoms with van der Waals surface area (Å²) < 4.78 is 0. The molecule has 0 fully saturated rings. The molecule has 0 aliphatic carbocycles. The van der Waals surface area contributed by atoms with Gasteiger partial charge in [0.2, 0.25) is 0 Å². The van der Waals surface area contributed by atoms with E-state index in [0.717, 1.165) is 0 Å². The maximum Gasteiger partial charge on any atom is 0.133 e. The Balaban J connectivity index is 0. The summed E-state index contributed by atoms with van der Waals surface area (Å²) in [7, 11) is 0. The Morgan fingerprint density at radius 2 is 1.69 bits per heavy atom. The van der Waals surface area contributed by atoms with Gasteiger partial charge in [-0.05, 0) is 12.8 Å². The summed E-state index contributed by atoms with van der Waals surface area (Å²) in [6.07, 6.45) is 0.958. The lowest BCUT2D eigenvalue weighted by molar-refractivity contribution is -0.127. The fraction of sp³-hybridized carbons (Fsp3) is 0.800. The van der Waals surface area contributed by atoms with Gasteiger partial charge >= 0.3 is 0 Å². The van der Waals surface area contributed by atoms with E-state index in [-0.39, 0.29) is 36.9 Å². The van der Waals surface area contributed by atoms with Crippen molar-refractivity contribution < 1.29 is 9.59 Å². The number of hydrogen-bond acceptors (Lipinski definition) is 2. The van der Waals surface area contributed by atoms with Crippen molar-refractivity contribution in [1.29, 1.82) is 0 Å². The van der Waals surface area contributed by atoms with Crippen molar-refractivity contribution in [2.75, 3.05) is 0 Å². The molecule has 13 heavy (non-hydrogen) atoms. The SMILES string of the molecule is CCC(=O)C[C@H](C(C)=O)C(C)C.S. The van der Waals surface area contributed by atoms with Crippen LogP contribution in [0.5, 0.6) is 0 Å². The van der Waals surface area contributed by atoms with Crippen molar-refractivity contribution in [1.82, 2.24) is 0 Å². The van der Waals surface area contributed by atoms with E-state index in [4.69, 9.17) is 0 Å². The highest BCUT2D eigenvalue weighted by Crippen LogP contribution is 2.17. The second-order valence-electron chi connectivity index (χ2n) is 3.56. The summed E-state index contributed by atoms with van der Waals surface area (Å²) in [4.78, 5) is 22.2. The minimum atomic E-state index is -0.0718. The van der Waals surface area contributed by atoms with Crippen LogP contribution in [-0.2, 0) is 9.59 Å². The highest BCUT2D eigenvalue weighted by Gasteiger charge is 2.20. The van der Waals surface area contributed by atoms with Gasteiger partial charge in [-0.25, -0.2) is 0 Å². The minimum absolute atomic E-state index is 0. The zero-order valence-electron chi connectivity index (χ0n) is 8.89. The molecule has 0 unspecified atom stereocenters. The van der Waals surface area contributed by atoms with Gasteiger partial charge in [-0.3, -0.25) is 9.59 Å². The molecule has 0 aromatic carbocycles. The lowest BCUT2D eigenvalue weighted by atomic mass is 9.87. The van der Waals surface area contributed by atoms with Crippen LogP contribution in [0.2, 0.25) is 0 Å². The summed E-state index contributed by atoms with van der Waals surface area (Å²) in [5.41, 5.74) is 0. The van der Waals surface area contributed by atoms with Gasteiger partial charge in [-0.15, -0.1) is 0 Å². The van der Waals surface area contributed by atoms with Gasteiger partial charge in [-0.2, -0.15) is 13.5 Å². The van der Waals surface area contributed by atoms with E-state index in [1.54, 1.807) is 6.92 Å². The summed E-state index contributed by atoms with van der Waals surface area (Å²) in [5.74, 6) is 0.520. The maximum absolute atomic E-state index is 11.1. The van der Waals surface area contributed by atoms with Crippen molar-refractivity contribution in [3.05, 3.63) is 0 Å². The topological polar surface area (TPSA) is 34.1 Å². The molecule has 0 bridgehead atoms. The average Bonchev–Trinajstić information content (AvgIpc) is 1.98. The smallest absolute Gasteiger partial charge is 0.133 e. The molecule has 78 valence electrons. The number of ketones is 2. The third-order valence-electron chi connectivity index (χ3n) is 2.17. The lowest BCUT2D eigenvalue weighted by Gasteiger charge is -2.15. The van der Waals surface area contributed by atoms with E-state index in [9.17, 15) is 9.59 Å². The van der Waals surface area contributed by atoms with E-state index in [1.807, 2.05) is 20.8 Å². The fourth-order valence-corrected chi connectivity index (χ4v) is 1.24. The molecule has 3 heteroatoms. The van der Waals surface area contributed by atoms with Crippen LogP contribution in [0.15, 0.2) is 0 Å². The first-order valence-electron chi connectivity index (χ1n) is 4.51.